The standard InChI is InChI=1S/C20H23N13O12P2/c21-14-9-15(25-3-24-14)32(4-26-9)18-8(30-31-23)12-7(43-18)2-41-47(38,39)45-13-11(34)6(1-40-46(36,37)44-12)42-19(13)33-5-27-10-16(33)28-20(22)29-17(10)35/h3-8,11-13,18-19,34H,1-2H2,(H,36,37)(H,38,39)(H2,21,24,25)(H3,22,28,29,35)/t6-,7-,8?,11?,12?,13?,18-,19-/m1/s1. The summed E-state index contributed by atoms with van der Waals surface area (Å²) in [5.41, 5.74) is 20.1. The van der Waals surface area contributed by atoms with Crippen molar-refractivity contribution < 1.29 is 51.6 Å². The number of H-pyrrole nitrogens is 1. The van der Waals surface area contributed by atoms with Crippen molar-refractivity contribution in [1.82, 2.24) is 39.0 Å². The first-order valence-electron chi connectivity index (χ1n) is 13.4. The first-order valence-corrected chi connectivity index (χ1v) is 16.3. The van der Waals surface area contributed by atoms with Gasteiger partial charge in [0.25, 0.3) is 5.56 Å². The van der Waals surface area contributed by atoms with Gasteiger partial charge in [-0.1, -0.05) is 5.11 Å². The van der Waals surface area contributed by atoms with Gasteiger partial charge >= 0.3 is 15.6 Å². The van der Waals surface area contributed by atoms with Crippen LogP contribution in [0.1, 0.15) is 12.5 Å². The fourth-order valence-corrected chi connectivity index (χ4v) is 7.38. The van der Waals surface area contributed by atoms with Crippen molar-refractivity contribution >= 4 is 49.7 Å². The van der Waals surface area contributed by atoms with E-state index in [-0.39, 0.29) is 34.1 Å². The average molecular weight is 699 g/mol. The van der Waals surface area contributed by atoms with E-state index < -0.39 is 83.4 Å². The fourth-order valence-electron chi connectivity index (χ4n) is 5.48. The summed E-state index contributed by atoms with van der Waals surface area (Å²) in [6.07, 6.45) is -7.50. The number of aliphatic hydroxyl groups excluding tert-OH is 1. The van der Waals surface area contributed by atoms with Gasteiger partial charge in [-0.3, -0.25) is 37.0 Å². The Hall–Kier alpha value is -4.09. The minimum absolute atomic E-state index is 0.0212. The van der Waals surface area contributed by atoms with Gasteiger partial charge in [0.15, 0.2) is 28.9 Å². The van der Waals surface area contributed by atoms with Crippen molar-refractivity contribution in [3.05, 3.63) is 39.8 Å². The number of azide groups is 1. The molecule has 3 aliphatic heterocycles. The van der Waals surface area contributed by atoms with Gasteiger partial charge in [-0.25, -0.2) is 29.1 Å². The van der Waals surface area contributed by atoms with Crippen molar-refractivity contribution in [2.45, 2.75) is 49.0 Å². The number of hydrogen-bond acceptors (Lipinski definition) is 18. The molecular formula is C20H23N13O12P2. The second kappa shape index (κ2) is 11.6. The highest BCUT2D eigenvalue weighted by atomic mass is 31.2. The molecule has 0 spiro atoms. The van der Waals surface area contributed by atoms with E-state index in [9.17, 15) is 34.3 Å². The quantitative estimate of drug-likeness (QED) is 0.0644. The van der Waals surface area contributed by atoms with E-state index in [2.05, 4.69) is 39.9 Å². The normalized spacial score (nSPS) is 36.3. The summed E-state index contributed by atoms with van der Waals surface area (Å²) < 4.78 is 61.8. The van der Waals surface area contributed by atoms with Crippen LogP contribution in [0.2, 0.25) is 0 Å². The molecule has 10 atom stereocenters. The zero-order valence-corrected chi connectivity index (χ0v) is 25.1. The fraction of sp³-hybridized carbons (Fsp3) is 0.500. The summed E-state index contributed by atoms with van der Waals surface area (Å²) in [6, 6.07) is -1.43. The van der Waals surface area contributed by atoms with E-state index in [0.717, 1.165) is 17.2 Å². The zero-order chi connectivity index (χ0) is 33.2. The highest BCUT2D eigenvalue weighted by Gasteiger charge is 2.54. The first-order chi connectivity index (χ1) is 22.4. The first kappa shape index (κ1) is 31.5. The van der Waals surface area contributed by atoms with Gasteiger partial charge in [0, 0.05) is 4.91 Å². The molecule has 0 saturated carbocycles. The van der Waals surface area contributed by atoms with Gasteiger partial charge in [0.05, 0.1) is 25.9 Å². The predicted octanol–water partition coefficient (Wildman–Crippen LogP) is -1.02. The lowest BCUT2D eigenvalue weighted by molar-refractivity contribution is -0.0670. The number of anilines is 2. The Kier molecular flexibility index (Phi) is 7.75. The molecule has 0 aliphatic carbocycles. The van der Waals surface area contributed by atoms with Crippen molar-refractivity contribution in [1.29, 1.82) is 0 Å². The number of ether oxygens (including phenoxy) is 2. The van der Waals surface area contributed by atoms with E-state index in [1.165, 1.54) is 10.9 Å². The molecule has 2 bridgehead atoms. The van der Waals surface area contributed by atoms with Crippen LogP contribution in [0.25, 0.3) is 32.8 Å². The molecule has 7 heterocycles. The second-order valence-electron chi connectivity index (χ2n) is 10.3. The van der Waals surface area contributed by atoms with E-state index in [4.69, 9.17) is 39.0 Å². The SMILES string of the molecule is [N-]=[N+]=NC1C2OP(=O)(O)OC[C@H]3O[C@@H](n4cnc5c(=O)[nH]c(N)nc54)C(OP(=O)(O)OC[C@H]2O[C@H]1n1cnc2c(N)ncnc21)C3O. The topological polar surface area (TPSA) is 358 Å². The van der Waals surface area contributed by atoms with Gasteiger partial charge in [-0.05, 0) is 5.53 Å². The molecule has 47 heavy (non-hydrogen) atoms. The summed E-state index contributed by atoms with van der Waals surface area (Å²) in [4.78, 5) is 58.9. The van der Waals surface area contributed by atoms with Crippen LogP contribution in [0, 0.1) is 0 Å². The Balaban J connectivity index is 1.23. The molecule has 4 aromatic heterocycles. The van der Waals surface area contributed by atoms with Gasteiger partial charge in [0.2, 0.25) is 5.95 Å². The van der Waals surface area contributed by atoms with Crippen LogP contribution < -0.4 is 17.0 Å². The average Bonchev–Trinajstić information content (AvgIpc) is 3.76. The van der Waals surface area contributed by atoms with Crippen molar-refractivity contribution in [2.75, 3.05) is 24.7 Å². The Labute approximate surface area is 259 Å². The summed E-state index contributed by atoms with van der Waals surface area (Å²) in [5, 5.41) is 14.7. The highest BCUT2D eigenvalue weighted by Crippen LogP contribution is 2.54. The molecular weight excluding hydrogens is 676 g/mol. The third-order valence-corrected chi connectivity index (χ3v) is 9.48. The Morgan fingerprint density at radius 2 is 1.57 bits per heavy atom. The van der Waals surface area contributed by atoms with Crippen LogP contribution in [0.15, 0.2) is 28.9 Å². The molecule has 8 N–H and O–H groups in total. The number of fused-ring (bicyclic) bond motifs is 5. The third kappa shape index (κ3) is 5.63. The molecule has 4 aromatic rings. The molecule has 0 amide bonds. The molecule has 0 aromatic carbocycles. The summed E-state index contributed by atoms with van der Waals surface area (Å²) in [5.74, 6) is -0.271. The lowest BCUT2D eigenvalue weighted by Crippen LogP contribution is -2.35. The van der Waals surface area contributed by atoms with Crippen LogP contribution in [-0.4, -0.2) is 104 Å². The van der Waals surface area contributed by atoms with Crippen molar-refractivity contribution in [2.24, 2.45) is 5.11 Å². The number of phosphoric ester groups is 2. The van der Waals surface area contributed by atoms with Gasteiger partial charge in [0.1, 0.15) is 54.6 Å². The molecule has 6 unspecified atom stereocenters. The largest absolute Gasteiger partial charge is 0.472 e. The zero-order valence-electron chi connectivity index (χ0n) is 23.3. The number of aliphatic hydroxyl groups is 1. The second-order valence-corrected chi connectivity index (χ2v) is 13.2. The van der Waals surface area contributed by atoms with Crippen LogP contribution in [0.3, 0.4) is 0 Å². The van der Waals surface area contributed by atoms with E-state index >= 15 is 0 Å². The number of rotatable bonds is 3. The predicted molar refractivity (Wildman–Crippen MR) is 150 cm³/mol. The van der Waals surface area contributed by atoms with E-state index in [1.54, 1.807) is 0 Å². The van der Waals surface area contributed by atoms with Crippen LogP contribution in [-0.2, 0) is 36.7 Å². The number of hydrogen-bond donors (Lipinski definition) is 6. The molecule has 250 valence electrons. The molecule has 3 saturated heterocycles. The Bertz CT molecular complexity index is 2070. The maximum atomic E-state index is 13.3. The van der Waals surface area contributed by atoms with Crippen molar-refractivity contribution in [3.63, 3.8) is 0 Å². The number of imidazole rings is 2. The number of phosphoric acid groups is 2. The van der Waals surface area contributed by atoms with Crippen LogP contribution in [0.5, 0.6) is 0 Å². The Morgan fingerprint density at radius 1 is 0.936 bits per heavy atom. The summed E-state index contributed by atoms with van der Waals surface area (Å²) >= 11 is 0. The monoisotopic (exact) mass is 699 g/mol. The molecule has 7 rings (SSSR count). The number of aromatic nitrogens is 8. The smallest absolute Gasteiger partial charge is 0.387 e. The van der Waals surface area contributed by atoms with Crippen LogP contribution >= 0.6 is 15.6 Å². The lowest BCUT2D eigenvalue weighted by atomic mass is 10.1. The third-order valence-electron chi connectivity index (χ3n) is 7.51. The van der Waals surface area contributed by atoms with Crippen LogP contribution in [0.4, 0.5) is 11.8 Å². The van der Waals surface area contributed by atoms with Gasteiger partial charge in [-0.15, -0.1) is 0 Å². The minimum atomic E-state index is -5.15. The van der Waals surface area contributed by atoms with E-state index in [0.29, 0.717) is 0 Å². The summed E-state index contributed by atoms with van der Waals surface area (Å²) in [7, 11) is -10.3. The highest BCUT2D eigenvalue weighted by molar-refractivity contribution is 7.47. The van der Waals surface area contributed by atoms with Crippen molar-refractivity contribution in [3.8, 4) is 0 Å². The molecule has 0 radical (unpaired) electrons. The molecule has 3 fully saturated rings. The lowest BCUT2D eigenvalue weighted by Gasteiger charge is -2.26. The number of nitrogens with zero attached hydrogens (tertiary/aromatic N) is 10. The number of aromatic amines is 1. The van der Waals surface area contributed by atoms with Gasteiger partial charge < -0.3 is 35.8 Å². The molecule has 27 heteroatoms. The molecule has 3 aliphatic rings. The molecule has 25 nitrogen and oxygen atoms in total. The maximum Gasteiger partial charge on any atom is 0.472 e. The maximum absolute atomic E-state index is 13.3. The van der Waals surface area contributed by atoms with E-state index in [1.807, 2.05) is 0 Å². The number of nitrogen functional groups attached to an aromatic ring is 2. The minimum Gasteiger partial charge on any atom is -0.387 e. The number of nitrogens with two attached hydrogens (primary N) is 2. The van der Waals surface area contributed by atoms with Gasteiger partial charge in [-0.2, -0.15) is 4.98 Å². The number of nitrogens with one attached hydrogen (secondary N) is 1. The summed E-state index contributed by atoms with van der Waals surface area (Å²) in [6.45, 7) is -1.68. The Morgan fingerprint density at radius 3 is 2.30 bits per heavy atom.